The van der Waals surface area contributed by atoms with Crippen molar-refractivity contribution in [2.24, 2.45) is 17.8 Å². The number of ether oxygens (including phenoxy) is 1. The van der Waals surface area contributed by atoms with Crippen LogP contribution in [0.1, 0.15) is 84.2 Å². The third-order valence-electron chi connectivity index (χ3n) is 9.05. The summed E-state index contributed by atoms with van der Waals surface area (Å²) in [4.78, 5) is 20.4. The summed E-state index contributed by atoms with van der Waals surface area (Å²) in [5, 5.41) is 9.39. The SMILES string of the molecule is COc1ccc2c(c1)CCN(C(=O)c1csc(C#CSI)n1)C2c1ccc(NC2(C)CC3CC(C)CC(C3)C2)cc1. The molecule has 3 aliphatic rings. The zero-order valence-electron chi connectivity index (χ0n) is 23.8. The van der Waals surface area contributed by atoms with Crippen LogP contribution in [0.2, 0.25) is 0 Å². The summed E-state index contributed by atoms with van der Waals surface area (Å²) in [6, 6.07) is 14.8. The third kappa shape index (κ3) is 6.28. The Kier molecular flexibility index (Phi) is 8.58. The molecule has 1 aliphatic heterocycles. The first kappa shape index (κ1) is 28.9. The number of fused-ring (bicyclic) bond motifs is 3. The van der Waals surface area contributed by atoms with Crippen molar-refractivity contribution in [3.63, 3.8) is 0 Å². The number of aromatic nitrogens is 1. The van der Waals surface area contributed by atoms with Crippen LogP contribution in [-0.2, 0) is 6.42 Å². The van der Waals surface area contributed by atoms with Gasteiger partial charge in [0, 0.05) is 44.4 Å². The van der Waals surface area contributed by atoms with Crippen molar-refractivity contribution in [3.8, 4) is 16.9 Å². The average Bonchev–Trinajstić information content (AvgIpc) is 3.43. The van der Waals surface area contributed by atoms with Gasteiger partial charge in [-0.15, -0.1) is 11.3 Å². The number of anilines is 1. The number of nitrogens with one attached hydrogen (secondary N) is 1. The maximum absolute atomic E-state index is 13.9. The number of hydrogen-bond donors (Lipinski definition) is 1. The lowest BCUT2D eigenvalue weighted by Crippen LogP contribution is -2.45. The maximum Gasteiger partial charge on any atom is 0.274 e. The Labute approximate surface area is 263 Å². The fourth-order valence-corrected chi connectivity index (χ4v) is 8.90. The number of carbonyl (C=O) groups is 1. The van der Waals surface area contributed by atoms with Gasteiger partial charge >= 0.3 is 0 Å². The van der Waals surface area contributed by atoms with Crippen molar-refractivity contribution < 1.29 is 9.53 Å². The van der Waals surface area contributed by atoms with E-state index in [1.807, 2.05) is 16.3 Å². The number of halogens is 1. The molecule has 2 fully saturated rings. The summed E-state index contributed by atoms with van der Waals surface area (Å²) in [6.07, 6.45) is 7.40. The predicted molar refractivity (Wildman–Crippen MR) is 178 cm³/mol. The van der Waals surface area contributed by atoms with Gasteiger partial charge in [-0.3, -0.25) is 4.79 Å². The molecule has 1 N–H and O–H groups in total. The first-order valence-corrected chi connectivity index (χ1v) is 18.7. The highest BCUT2D eigenvalue weighted by molar-refractivity contribution is 14.2. The molecular formula is C33H36IN3O2S2. The molecule has 0 saturated heterocycles. The molecule has 5 nitrogen and oxygen atoms in total. The Hall–Kier alpha value is -2.22. The first-order chi connectivity index (χ1) is 19.8. The van der Waals surface area contributed by atoms with E-state index in [1.165, 1.54) is 57.9 Å². The van der Waals surface area contributed by atoms with Gasteiger partial charge in [-0.05, 0) is 124 Å². The van der Waals surface area contributed by atoms with Crippen LogP contribution in [0.25, 0.3) is 0 Å². The van der Waals surface area contributed by atoms with Crippen LogP contribution in [-0.4, -0.2) is 35.0 Å². The summed E-state index contributed by atoms with van der Waals surface area (Å²) in [7, 11) is 3.11. The predicted octanol–water partition coefficient (Wildman–Crippen LogP) is 8.35. The summed E-state index contributed by atoms with van der Waals surface area (Å²) < 4.78 is 5.52. The molecular weight excluding hydrogens is 661 g/mol. The number of thiazole rings is 1. The molecule has 1 amide bonds. The van der Waals surface area contributed by atoms with Crippen LogP contribution >= 0.6 is 41.5 Å². The highest BCUT2D eigenvalue weighted by atomic mass is 127. The van der Waals surface area contributed by atoms with E-state index in [0.717, 1.165) is 46.7 Å². The number of nitrogens with zero attached hydrogens (tertiary/aromatic N) is 2. The van der Waals surface area contributed by atoms with E-state index in [2.05, 4.69) is 92.9 Å². The van der Waals surface area contributed by atoms with Crippen LogP contribution < -0.4 is 10.1 Å². The third-order valence-corrected chi connectivity index (χ3v) is 10.6. The van der Waals surface area contributed by atoms with E-state index in [0.29, 0.717) is 17.2 Å². The van der Waals surface area contributed by atoms with Gasteiger partial charge < -0.3 is 15.0 Å². The van der Waals surface area contributed by atoms with Crippen molar-refractivity contribution in [2.45, 2.75) is 64.0 Å². The Morgan fingerprint density at radius 2 is 1.93 bits per heavy atom. The fourth-order valence-electron chi connectivity index (χ4n) is 7.74. The minimum atomic E-state index is -0.196. The van der Waals surface area contributed by atoms with Crippen LogP contribution in [0.3, 0.4) is 0 Å². The van der Waals surface area contributed by atoms with Gasteiger partial charge in [-0.1, -0.05) is 25.1 Å². The maximum atomic E-state index is 13.9. The second-order valence-corrected chi connectivity index (χ2v) is 14.9. The first-order valence-electron chi connectivity index (χ1n) is 14.4. The van der Waals surface area contributed by atoms with Gasteiger partial charge in [0.25, 0.3) is 5.91 Å². The quantitative estimate of drug-likeness (QED) is 0.215. The number of hydrogen-bond acceptors (Lipinski definition) is 6. The zero-order chi connectivity index (χ0) is 28.6. The molecule has 0 spiro atoms. The van der Waals surface area contributed by atoms with Crippen molar-refractivity contribution in [1.29, 1.82) is 0 Å². The zero-order valence-corrected chi connectivity index (χ0v) is 27.6. The summed E-state index contributed by atoms with van der Waals surface area (Å²) >= 11 is 3.56. The van der Waals surface area contributed by atoms with Crippen molar-refractivity contribution in [1.82, 2.24) is 9.88 Å². The number of benzene rings is 2. The molecule has 6 rings (SSSR count). The topological polar surface area (TPSA) is 54.5 Å². The Morgan fingerprint density at radius 3 is 2.63 bits per heavy atom. The molecule has 2 aliphatic carbocycles. The number of carbonyl (C=O) groups excluding carboxylic acids is 1. The average molecular weight is 698 g/mol. The largest absolute Gasteiger partial charge is 0.497 e. The summed E-state index contributed by atoms with van der Waals surface area (Å²) in [5.41, 5.74) is 5.22. The van der Waals surface area contributed by atoms with Crippen LogP contribution in [0.4, 0.5) is 5.69 Å². The second-order valence-electron chi connectivity index (χ2n) is 12.3. The van der Waals surface area contributed by atoms with E-state index >= 15 is 0 Å². The number of methoxy groups -OCH3 is 1. The van der Waals surface area contributed by atoms with Gasteiger partial charge in [0.05, 0.1) is 13.2 Å². The Morgan fingerprint density at radius 1 is 1.17 bits per heavy atom. The van der Waals surface area contributed by atoms with Crippen LogP contribution in [0, 0.1) is 28.9 Å². The second kappa shape index (κ2) is 12.2. The van der Waals surface area contributed by atoms with Gasteiger partial charge in [0.1, 0.15) is 11.4 Å². The molecule has 41 heavy (non-hydrogen) atoms. The highest BCUT2D eigenvalue weighted by Gasteiger charge is 2.41. The molecule has 2 heterocycles. The normalized spacial score (nSPS) is 26.9. The fraction of sp³-hybridized carbons (Fsp3) is 0.455. The Bertz CT molecular complexity index is 1460. The molecule has 2 aromatic carbocycles. The molecule has 2 saturated carbocycles. The van der Waals surface area contributed by atoms with Gasteiger partial charge in [0.15, 0.2) is 5.01 Å². The number of amides is 1. The standard InChI is InChI=1S/C33H36IN3O2S2/c1-21-14-22-16-23(15-21)19-33(2,18-22)36-26-6-4-24(5-7-26)31-28-9-8-27(39-3)17-25(28)10-12-37(31)32(38)29-20-40-30(35-29)11-13-41-34/h4-9,17,20-23,31,36H,10,12,14-16,18-19H2,1-3H3. The molecule has 3 unspecified atom stereocenters. The monoisotopic (exact) mass is 697 g/mol. The lowest BCUT2D eigenvalue weighted by molar-refractivity contribution is 0.0689. The lowest BCUT2D eigenvalue weighted by atomic mass is 9.62. The molecule has 2 bridgehead atoms. The van der Waals surface area contributed by atoms with Crippen LogP contribution in [0.5, 0.6) is 5.75 Å². The minimum absolute atomic E-state index is 0.0550. The van der Waals surface area contributed by atoms with E-state index in [-0.39, 0.29) is 17.5 Å². The van der Waals surface area contributed by atoms with Gasteiger partial charge in [-0.25, -0.2) is 4.98 Å². The van der Waals surface area contributed by atoms with Crippen molar-refractivity contribution in [3.05, 3.63) is 75.2 Å². The van der Waals surface area contributed by atoms with E-state index < -0.39 is 0 Å². The van der Waals surface area contributed by atoms with Crippen LogP contribution in [0.15, 0.2) is 47.8 Å². The van der Waals surface area contributed by atoms with Crippen molar-refractivity contribution in [2.75, 3.05) is 19.0 Å². The minimum Gasteiger partial charge on any atom is -0.497 e. The van der Waals surface area contributed by atoms with E-state index in [4.69, 9.17) is 4.74 Å². The van der Waals surface area contributed by atoms with Gasteiger partial charge in [-0.2, -0.15) is 0 Å². The lowest BCUT2D eigenvalue weighted by Gasteiger charge is -2.48. The molecule has 3 atom stereocenters. The van der Waals surface area contributed by atoms with E-state index in [1.54, 1.807) is 7.11 Å². The molecule has 3 aromatic rings. The summed E-state index contributed by atoms with van der Waals surface area (Å²) in [5.74, 6) is 6.35. The smallest absolute Gasteiger partial charge is 0.274 e. The summed E-state index contributed by atoms with van der Waals surface area (Å²) in [6.45, 7) is 5.45. The number of rotatable bonds is 5. The molecule has 214 valence electrons. The molecule has 8 heteroatoms. The van der Waals surface area contributed by atoms with E-state index in [9.17, 15) is 4.79 Å². The molecule has 1 aromatic heterocycles. The van der Waals surface area contributed by atoms with Crippen molar-refractivity contribution >= 4 is 53.1 Å². The van der Waals surface area contributed by atoms with Gasteiger partial charge in [0.2, 0.25) is 0 Å². The highest BCUT2D eigenvalue weighted by Crippen LogP contribution is 2.47. The Balaban J connectivity index is 1.28. The molecule has 0 radical (unpaired) electrons.